The van der Waals surface area contributed by atoms with Crippen molar-refractivity contribution < 1.29 is 24.2 Å². The maximum absolute atomic E-state index is 12.7. The number of pyridine rings is 1. The lowest BCUT2D eigenvalue weighted by Gasteiger charge is -2.26. The molecule has 9 heteroatoms. The number of rotatable bonds is 5. The van der Waals surface area contributed by atoms with Gasteiger partial charge in [0.15, 0.2) is 5.75 Å². The molecular formula is C20H21ClN2O6. The van der Waals surface area contributed by atoms with Crippen molar-refractivity contribution in [2.45, 2.75) is 46.5 Å². The van der Waals surface area contributed by atoms with Crippen LogP contribution < -0.4 is 4.74 Å². The number of aromatic nitrogens is 1. The quantitative estimate of drug-likeness (QED) is 0.406. The Morgan fingerprint density at radius 2 is 2.00 bits per heavy atom. The monoisotopic (exact) mass is 420 g/mol. The normalized spacial score (nSPS) is 16.8. The first-order valence-corrected chi connectivity index (χ1v) is 9.34. The van der Waals surface area contributed by atoms with Crippen molar-refractivity contribution in [3.8, 4) is 5.75 Å². The van der Waals surface area contributed by atoms with Crippen LogP contribution in [0.3, 0.4) is 0 Å². The summed E-state index contributed by atoms with van der Waals surface area (Å²) in [6.45, 7) is 6.87. The lowest BCUT2D eigenvalue weighted by Crippen LogP contribution is -2.41. The molecule has 0 amide bonds. The predicted octanol–water partition coefficient (Wildman–Crippen LogP) is 4.19. The van der Waals surface area contributed by atoms with Gasteiger partial charge in [-0.1, -0.05) is 44.5 Å². The third kappa shape index (κ3) is 4.49. The molecule has 0 radical (unpaired) electrons. The highest BCUT2D eigenvalue weighted by Gasteiger charge is 2.38. The van der Waals surface area contributed by atoms with Gasteiger partial charge in [-0.2, -0.15) is 0 Å². The van der Waals surface area contributed by atoms with E-state index >= 15 is 0 Å². The largest absolute Gasteiger partial charge is 0.423 e. The molecule has 154 valence electrons. The fourth-order valence-corrected chi connectivity index (χ4v) is 3.25. The molecule has 3 rings (SSSR count). The second-order valence-corrected chi connectivity index (χ2v) is 8.28. The smallest absolute Gasteiger partial charge is 0.341 e. The topological polar surface area (TPSA) is 101 Å². The van der Waals surface area contributed by atoms with E-state index in [2.05, 4.69) is 9.82 Å². The number of hydrogen-bond acceptors (Lipinski definition) is 7. The van der Waals surface area contributed by atoms with Gasteiger partial charge < -0.3 is 9.47 Å². The van der Waals surface area contributed by atoms with Gasteiger partial charge in [-0.15, -0.1) is 10.1 Å². The number of fused-ring (bicyclic) bond motifs is 1. The highest BCUT2D eigenvalue weighted by atomic mass is 35.5. The van der Waals surface area contributed by atoms with Crippen LogP contribution in [-0.4, -0.2) is 22.1 Å². The number of carbonyl (C=O) groups excluding carboxylic acids is 1. The fourth-order valence-electron chi connectivity index (χ4n) is 3.13. The summed E-state index contributed by atoms with van der Waals surface area (Å²) in [5, 5.41) is 10.4. The molecule has 0 bridgehead atoms. The minimum atomic E-state index is -1.39. The summed E-state index contributed by atoms with van der Waals surface area (Å²) in [6.07, 6.45) is -0.0772. The van der Waals surface area contributed by atoms with Crippen LogP contribution >= 0.6 is 11.6 Å². The molecule has 1 aromatic carbocycles. The van der Waals surface area contributed by atoms with E-state index in [-0.39, 0.29) is 18.5 Å². The van der Waals surface area contributed by atoms with E-state index in [1.54, 1.807) is 46.0 Å². The Labute approximate surface area is 172 Å². The Kier molecular flexibility index (Phi) is 5.77. The van der Waals surface area contributed by atoms with Crippen LogP contribution in [0.1, 0.15) is 49.3 Å². The maximum atomic E-state index is 12.7. The molecule has 2 atom stereocenters. The van der Waals surface area contributed by atoms with Crippen LogP contribution in [-0.2, 0) is 21.0 Å². The van der Waals surface area contributed by atoms with Gasteiger partial charge in [0.25, 0.3) is 5.09 Å². The van der Waals surface area contributed by atoms with E-state index in [0.717, 1.165) is 11.1 Å². The molecular weight excluding hydrogens is 400 g/mol. The van der Waals surface area contributed by atoms with Crippen LogP contribution in [0, 0.1) is 22.5 Å². The molecule has 0 saturated heterocycles. The van der Waals surface area contributed by atoms with Crippen LogP contribution in [0.15, 0.2) is 30.5 Å². The zero-order valence-electron chi connectivity index (χ0n) is 16.5. The zero-order chi connectivity index (χ0) is 21.3. The number of hydrogen-bond donors (Lipinski definition) is 0. The Hall–Kier alpha value is -2.71. The second-order valence-electron chi connectivity index (χ2n) is 7.85. The van der Waals surface area contributed by atoms with E-state index in [9.17, 15) is 14.9 Å². The van der Waals surface area contributed by atoms with E-state index in [4.69, 9.17) is 21.1 Å². The fraction of sp³-hybridized carbons (Fsp3) is 0.400. The number of benzene rings is 1. The van der Waals surface area contributed by atoms with Crippen molar-refractivity contribution in [1.29, 1.82) is 0 Å². The maximum Gasteiger partial charge on any atom is 0.341 e. The molecule has 2 heterocycles. The Bertz CT molecular complexity index is 939. The molecule has 1 unspecified atom stereocenters. The number of carbonyl (C=O) groups is 1. The van der Waals surface area contributed by atoms with Gasteiger partial charge in [0.2, 0.25) is 6.10 Å². The minimum absolute atomic E-state index is 0.213. The summed E-state index contributed by atoms with van der Waals surface area (Å²) in [7, 11) is 0. The minimum Gasteiger partial charge on any atom is -0.423 e. The van der Waals surface area contributed by atoms with E-state index in [1.807, 2.05) is 12.1 Å². The summed E-state index contributed by atoms with van der Waals surface area (Å²) in [4.78, 5) is 32.4. The summed E-state index contributed by atoms with van der Waals surface area (Å²) in [6, 6.07) is 7.25. The van der Waals surface area contributed by atoms with Crippen molar-refractivity contribution in [2.24, 2.45) is 5.41 Å². The van der Waals surface area contributed by atoms with Gasteiger partial charge >= 0.3 is 5.97 Å². The SMILES string of the molecule is Cc1ncc2c(c1OC(=O)C(O[N+](=O)[O-])C(C)(C)C)CO[C@H]2c1ccc(Cl)cc1. The summed E-state index contributed by atoms with van der Waals surface area (Å²) in [5.74, 6) is -0.618. The first-order valence-electron chi connectivity index (χ1n) is 8.96. The molecule has 29 heavy (non-hydrogen) atoms. The predicted molar refractivity (Wildman–Crippen MR) is 104 cm³/mol. The zero-order valence-corrected chi connectivity index (χ0v) is 17.2. The molecule has 2 aromatic rings. The van der Waals surface area contributed by atoms with Crippen LogP contribution in [0.2, 0.25) is 5.02 Å². The average Bonchev–Trinajstić information content (AvgIpc) is 3.06. The Balaban J connectivity index is 1.92. The number of ether oxygens (including phenoxy) is 2. The van der Waals surface area contributed by atoms with E-state index < -0.39 is 22.6 Å². The van der Waals surface area contributed by atoms with Gasteiger partial charge in [-0.25, -0.2) is 4.79 Å². The molecule has 0 N–H and O–H groups in total. The molecule has 8 nitrogen and oxygen atoms in total. The molecule has 1 aliphatic rings. The standard InChI is InChI=1S/C20H21ClN2O6/c1-11-16(28-19(24)18(20(2,3)4)29-23(25)26)15-10-27-17(14(15)9-22-11)12-5-7-13(21)8-6-12/h5-9,17-18H,10H2,1-4H3/t17-,18?/m0/s1. The summed E-state index contributed by atoms with van der Waals surface area (Å²) >= 11 is 5.95. The van der Waals surface area contributed by atoms with Gasteiger partial charge in [0.05, 0.1) is 12.3 Å². The number of esters is 1. The van der Waals surface area contributed by atoms with Crippen molar-refractivity contribution in [3.63, 3.8) is 0 Å². The summed E-state index contributed by atoms with van der Waals surface area (Å²) < 4.78 is 11.5. The van der Waals surface area contributed by atoms with Crippen molar-refractivity contribution in [2.75, 3.05) is 0 Å². The van der Waals surface area contributed by atoms with Crippen LogP contribution in [0.25, 0.3) is 0 Å². The molecule has 1 aromatic heterocycles. The number of aryl methyl sites for hydroxylation is 1. The number of nitrogens with zero attached hydrogens (tertiary/aromatic N) is 2. The highest BCUT2D eigenvalue weighted by Crippen LogP contribution is 2.41. The molecule has 0 fully saturated rings. The lowest BCUT2D eigenvalue weighted by atomic mass is 9.89. The average molecular weight is 421 g/mol. The van der Waals surface area contributed by atoms with Gasteiger partial charge in [-0.05, 0) is 30.0 Å². The molecule has 1 aliphatic heterocycles. The third-order valence-electron chi connectivity index (χ3n) is 4.59. The van der Waals surface area contributed by atoms with Crippen molar-refractivity contribution >= 4 is 17.6 Å². The lowest BCUT2D eigenvalue weighted by molar-refractivity contribution is -0.768. The Morgan fingerprint density at radius 3 is 2.59 bits per heavy atom. The molecule has 0 spiro atoms. The highest BCUT2D eigenvalue weighted by molar-refractivity contribution is 6.30. The van der Waals surface area contributed by atoms with Gasteiger partial charge in [0, 0.05) is 22.3 Å². The van der Waals surface area contributed by atoms with E-state index in [1.165, 1.54) is 0 Å². The number of halogens is 1. The van der Waals surface area contributed by atoms with Gasteiger partial charge in [0.1, 0.15) is 6.10 Å². The van der Waals surface area contributed by atoms with E-state index in [0.29, 0.717) is 16.3 Å². The molecule has 0 aliphatic carbocycles. The van der Waals surface area contributed by atoms with Gasteiger partial charge in [-0.3, -0.25) is 9.82 Å². The van der Waals surface area contributed by atoms with Crippen molar-refractivity contribution in [1.82, 2.24) is 4.98 Å². The van der Waals surface area contributed by atoms with Crippen molar-refractivity contribution in [3.05, 3.63) is 68.0 Å². The van der Waals surface area contributed by atoms with Crippen LogP contribution in [0.5, 0.6) is 5.75 Å². The first-order chi connectivity index (χ1) is 13.6. The second kappa shape index (κ2) is 7.96. The summed E-state index contributed by atoms with van der Waals surface area (Å²) in [5.41, 5.74) is 1.97. The Morgan fingerprint density at radius 1 is 1.34 bits per heavy atom. The molecule has 0 saturated carbocycles. The first kappa shape index (κ1) is 21.0. The van der Waals surface area contributed by atoms with Crippen LogP contribution in [0.4, 0.5) is 0 Å². The third-order valence-corrected chi connectivity index (χ3v) is 4.84.